The van der Waals surface area contributed by atoms with E-state index in [1.165, 1.54) is 5.56 Å². The zero-order valence-electron chi connectivity index (χ0n) is 13.5. The molecule has 1 aromatic carbocycles. The summed E-state index contributed by atoms with van der Waals surface area (Å²) in [6, 6.07) is 5.96. The van der Waals surface area contributed by atoms with Crippen LogP contribution in [0, 0.1) is 13.8 Å². The Morgan fingerprint density at radius 1 is 1.27 bits per heavy atom. The van der Waals surface area contributed by atoms with Crippen LogP contribution in [0.4, 0.5) is 5.69 Å². The molecule has 1 rings (SSSR count). The first-order chi connectivity index (χ1) is 10.4. The van der Waals surface area contributed by atoms with E-state index in [1.54, 1.807) is 13.8 Å². The first-order valence-electron chi connectivity index (χ1n) is 7.21. The van der Waals surface area contributed by atoms with E-state index in [0.717, 1.165) is 11.3 Å². The van der Waals surface area contributed by atoms with E-state index in [0.29, 0.717) is 12.3 Å². The molecular formula is C16H23N3O3. The van der Waals surface area contributed by atoms with Crippen molar-refractivity contribution in [2.24, 2.45) is 5.10 Å². The van der Waals surface area contributed by atoms with Crippen molar-refractivity contribution in [1.82, 2.24) is 5.43 Å². The number of rotatable bonds is 7. The smallest absolute Gasteiger partial charge is 0.311 e. The molecule has 0 aromatic heterocycles. The third-order valence-electron chi connectivity index (χ3n) is 2.90. The number of hydrogen-bond acceptors (Lipinski definition) is 5. The molecule has 0 fully saturated rings. The summed E-state index contributed by atoms with van der Waals surface area (Å²) in [4.78, 5) is 23.0. The highest BCUT2D eigenvalue weighted by atomic mass is 16.5. The largest absolute Gasteiger partial charge is 0.466 e. The molecule has 0 unspecified atom stereocenters. The maximum atomic E-state index is 11.7. The zero-order valence-corrected chi connectivity index (χ0v) is 13.5. The number of nitrogens with one attached hydrogen (secondary N) is 2. The van der Waals surface area contributed by atoms with Gasteiger partial charge in [0.15, 0.2) is 0 Å². The summed E-state index contributed by atoms with van der Waals surface area (Å²) in [6.07, 6.45) is 0.0681. The van der Waals surface area contributed by atoms with Crippen LogP contribution in [0.25, 0.3) is 0 Å². The SMILES string of the molecule is CCOC(=O)C/C(C)=N\NC(=O)CNc1ccc(C)cc1C. The van der Waals surface area contributed by atoms with Gasteiger partial charge in [-0.25, -0.2) is 5.43 Å². The fourth-order valence-electron chi connectivity index (χ4n) is 1.85. The minimum Gasteiger partial charge on any atom is -0.466 e. The zero-order chi connectivity index (χ0) is 16.5. The first kappa shape index (κ1) is 17.7. The van der Waals surface area contributed by atoms with E-state index in [-0.39, 0.29) is 24.8 Å². The van der Waals surface area contributed by atoms with Crippen molar-refractivity contribution in [1.29, 1.82) is 0 Å². The summed E-state index contributed by atoms with van der Waals surface area (Å²) in [6.45, 7) is 7.84. The second-order valence-corrected chi connectivity index (χ2v) is 5.04. The Labute approximate surface area is 130 Å². The monoisotopic (exact) mass is 305 g/mol. The molecule has 0 atom stereocenters. The Kier molecular flexibility index (Phi) is 7.08. The number of amides is 1. The number of ether oxygens (including phenoxy) is 1. The molecule has 0 aliphatic heterocycles. The van der Waals surface area contributed by atoms with Crippen molar-refractivity contribution in [3.8, 4) is 0 Å². The lowest BCUT2D eigenvalue weighted by Crippen LogP contribution is -2.27. The average Bonchev–Trinajstić information content (AvgIpc) is 2.44. The van der Waals surface area contributed by atoms with Crippen LogP contribution in [0.2, 0.25) is 0 Å². The van der Waals surface area contributed by atoms with Crippen molar-refractivity contribution in [2.45, 2.75) is 34.1 Å². The Morgan fingerprint density at radius 2 is 2.00 bits per heavy atom. The molecule has 1 amide bonds. The van der Waals surface area contributed by atoms with E-state index in [9.17, 15) is 9.59 Å². The van der Waals surface area contributed by atoms with Crippen LogP contribution < -0.4 is 10.7 Å². The molecule has 6 heteroatoms. The van der Waals surface area contributed by atoms with Gasteiger partial charge in [0.05, 0.1) is 19.6 Å². The average molecular weight is 305 g/mol. The van der Waals surface area contributed by atoms with Gasteiger partial charge in [-0.3, -0.25) is 9.59 Å². The molecule has 0 heterocycles. The van der Waals surface area contributed by atoms with E-state index >= 15 is 0 Å². The van der Waals surface area contributed by atoms with Crippen LogP contribution in [-0.4, -0.2) is 30.7 Å². The lowest BCUT2D eigenvalue weighted by atomic mass is 10.1. The van der Waals surface area contributed by atoms with Gasteiger partial charge in [-0.15, -0.1) is 0 Å². The summed E-state index contributed by atoms with van der Waals surface area (Å²) in [5.74, 6) is -0.630. The number of benzene rings is 1. The predicted molar refractivity (Wildman–Crippen MR) is 86.9 cm³/mol. The Hall–Kier alpha value is -2.37. The number of hydrogen-bond donors (Lipinski definition) is 2. The molecule has 0 bridgehead atoms. The van der Waals surface area contributed by atoms with E-state index in [1.807, 2.05) is 32.0 Å². The molecule has 0 spiro atoms. The minimum atomic E-state index is -0.355. The summed E-state index contributed by atoms with van der Waals surface area (Å²) >= 11 is 0. The number of aryl methyl sites for hydroxylation is 2. The van der Waals surface area contributed by atoms with Gasteiger partial charge in [0, 0.05) is 11.4 Å². The van der Waals surface area contributed by atoms with Gasteiger partial charge in [-0.2, -0.15) is 5.10 Å². The second kappa shape index (κ2) is 8.81. The molecule has 0 saturated heterocycles. The molecule has 0 saturated carbocycles. The number of nitrogens with zero attached hydrogens (tertiary/aromatic N) is 1. The van der Waals surface area contributed by atoms with Crippen LogP contribution in [-0.2, 0) is 14.3 Å². The number of hydrazone groups is 1. The molecule has 120 valence electrons. The summed E-state index contributed by atoms with van der Waals surface area (Å²) < 4.78 is 4.80. The highest BCUT2D eigenvalue weighted by Gasteiger charge is 2.06. The molecular weight excluding hydrogens is 282 g/mol. The van der Waals surface area contributed by atoms with E-state index in [2.05, 4.69) is 15.8 Å². The van der Waals surface area contributed by atoms with Crippen LogP contribution in [0.15, 0.2) is 23.3 Å². The molecule has 2 N–H and O–H groups in total. The van der Waals surface area contributed by atoms with Gasteiger partial charge in [0.1, 0.15) is 0 Å². The molecule has 22 heavy (non-hydrogen) atoms. The maximum absolute atomic E-state index is 11.7. The van der Waals surface area contributed by atoms with Crippen LogP contribution >= 0.6 is 0 Å². The summed E-state index contributed by atoms with van der Waals surface area (Å²) in [5.41, 5.74) is 6.07. The Morgan fingerprint density at radius 3 is 2.64 bits per heavy atom. The highest BCUT2D eigenvalue weighted by Crippen LogP contribution is 2.15. The Balaban J connectivity index is 2.41. The molecule has 0 aliphatic rings. The lowest BCUT2D eigenvalue weighted by molar-refractivity contribution is -0.141. The fourth-order valence-corrected chi connectivity index (χ4v) is 1.85. The number of carbonyl (C=O) groups is 2. The van der Waals surface area contributed by atoms with Gasteiger partial charge in [-0.1, -0.05) is 17.7 Å². The van der Waals surface area contributed by atoms with Crippen molar-refractivity contribution < 1.29 is 14.3 Å². The second-order valence-electron chi connectivity index (χ2n) is 5.04. The van der Waals surface area contributed by atoms with Gasteiger partial charge < -0.3 is 10.1 Å². The van der Waals surface area contributed by atoms with E-state index < -0.39 is 0 Å². The number of anilines is 1. The minimum absolute atomic E-state index is 0.0681. The van der Waals surface area contributed by atoms with Crippen LogP contribution in [0.5, 0.6) is 0 Å². The topological polar surface area (TPSA) is 79.8 Å². The fraction of sp³-hybridized carbons (Fsp3) is 0.438. The van der Waals surface area contributed by atoms with Gasteiger partial charge >= 0.3 is 5.97 Å². The third-order valence-corrected chi connectivity index (χ3v) is 2.90. The summed E-state index contributed by atoms with van der Waals surface area (Å²) in [7, 11) is 0. The quantitative estimate of drug-likeness (QED) is 0.459. The summed E-state index contributed by atoms with van der Waals surface area (Å²) in [5, 5.41) is 6.92. The van der Waals surface area contributed by atoms with Gasteiger partial charge in [-0.05, 0) is 39.3 Å². The molecule has 0 radical (unpaired) electrons. The van der Waals surface area contributed by atoms with Crippen LogP contribution in [0.1, 0.15) is 31.4 Å². The Bertz CT molecular complexity index is 568. The predicted octanol–water partition coefficient (Wildman–Crippen LogP) is 2.16. The third kappa shape index (κ3) is 6.39. The van der Waals surface area contributed by atoms with E-state index in [4.69, 9.17) is 4.74 Å². The molecule has 6 nitrogen and oxygen atoms in total. The maximum Gasteiger partial charge on any atom is 0.311 e. The molecule has 0 aliphatic carbocycles. The van der Waals surface area contributed by atoms with Gasteiger partial charge in [0.25, 0.3) is 5.91 Å². The normalized spacial score (nSPS) is 11.0. The first-order valence-corrected chi connectivity index (χ1v) is 7.21. The standard InChI is InChI=1S/C16H23N3O3/c1-5-22-16(21)9-13(4)18-19-15(20)10-17-14-7-6-11(2)8-12(14)3/h6-8,17H,5,9-10H2,1-4H3,(H,19,20)/b18-13-. The van der Waals surface area contributed by atoms with Crippen molar-refractivity contribution in [3.63, 3.8) is 0 Å². The molecule has 1 aromatic rings. The van der Waals surface area contributed by atoms with Crippen molar-refractivity contribution in [3.05, 3.63) is 29.3 Å². The lowest BCUT2D eigenvalue weighted by Gasteiger charge is -2.09. The van der Waals surface area contributed by atoms with Gasteiger partial charge in [0.2, 0.25) is 0 Å². The van der Waals surface area contributed by atoms with Crippen LogP contribution in [0.3, 0.4) is 0 Å². The number of carbonyl (C=O) groups excluding carboxylic acids is 2. The number of esters is 1. The van der Waals surface area contributed by atoms with Crippen molar-refractivity contribution >= 4 is 23.3 Å². The van der Waals surface area contributed by atoms with Crippen molar-refractivity contribution in [2.75, 3.05) is 18.5 Å². The highest BCUT2D eigenvalue weighted by molar-refractivity contribution is 5.98.